The number of aromatic nitrogens is 4. The van der Waals surface area contributed by atoms with Crippen LogP contribution in [0.5, 0.6) is 0 Å². The predicted octanol–water partition coefficient (Wildman–Crippen LogP) is 12.3. The lowest BCUT2D eigenvalue weighted by Crippen LogP contribution is -2.27. The van der Waals surface area contributed by atoms with Crippen LogP contribution in [-0.4, -0.2) is 19.1 Å². The van der Waals surface area contributed by atoms with Gasteiger partial charge in [-0.05, 0) is 101 Å². The monoisotopic (exact) mass is 706 g/mol. The van der Waals surface area contributed by atoms with Gasteiger partial charge in [-0.1, -0.05) is 117 Å². The van der Waals surface area contributed by atoms with Crippen molar-refractivity contribution in [2.45, 2.75) is 44.4 Å². The lowest BCUT2D eigenvalue weighted by molar-refractivity contribution is 0.632. The third-order valence-electron chi connectivity index (χ3n) is 12.7. The molecule has 12 rings (SSSR count). The lowest BCUT2D eigenvalue weighted by Gasteiger charge is -2.37. The Hall–Kier alpha value is -6.52. The minimum atomic E-state index is -0.153. The highest BCUT2D eigenvalue weighted by Crippen LogP contribution is 2.51. The molecule has 9 aromatic rings. The van der Waals surface area contributed by atoms with Crippen molar-refractivity contribution in [3.8, 4) is 22.9 Å². The van der Waals surface area contributed by atoms with Gasteiger partial charge in [0.15, 0.2) is 0 Å². The van der Waals surface area contributed by atoms with Crippen molar-refractivity contribution in [1.82, 2.24) is 19.1 Å². The molecule has 3 aliphatic rings. The summed E-state index contributed by atoms with van der Waals surface area (Å²) in [6.45, 7) is 4.76. The van der Waals surface area contributed by atoms with Crippen LogP contribution in [0.1, 0.15) is 65.3 Å². The van der Waals surface area contributed by atoms with E-state index in [1.807, 2.05) is 0 Å². The molecule has 0 radical (unpaired) electrons. The summed E-state index contributed by atoms with van der Waals surface area (Å²) in [6.07, 6.45) is 12.4. The first kappa shape index (κ1) is 30.9. The number of hydrogen-bond donors (Lipinski definition) is 0. The smallest absolute Gasteiger partial charge is 0.235 e. The number of hydrogen-bond acceptors (Lipinski definition) is 2. The van der Waals surface area contributed by atoms with Crippen molar-refractivity contribution in [1.29, 1.82) is 0 Å². The molecule has 0 amide bonds. The minimum absolute atomic E-state index is 0.153. The highest BCUT2D eigenvalue weighted by atomic mass is 15.2. The molecule has 1 atom stereocenters. The SMILES string of the molecule is CC1(C)c2c(ccc3c2CCC=C3)-c2nc(-n3c4c(c5ccccc53)CC(c3ccc5c(c3)c3ccccc3n5-c3ccccc3)C=C4)nc3cccc1c23. The number of fused-ring (bicyclic) bond motifs is 10. The molecule has 3 heterocycles. The average Bonchev–Trinajstić information content (AvgIpc) is 3.75. The van der Waals surface area contributed by atoms with Gasteiger partial charge in [0.2, 0.25) is 5.95 Å². The van der Waals surface area contributed by atoms with Gasteiger partial charge in [0.05, 0.1) is 33.5 Å². The summed E-state index contributed by atoms with van der Waals surface area (Å²) in [4.78, 5) is 10.9. The molecule has 3 aliphatic carbocycles. The van der Waals surface area contributed by atoms with Crippen molar-refractivity contribution in [3.05, 3.63) is 179 Å². The van der Waals surface area contributed by atoms with E-state index in [0.717, 1.165) is 41.9 Å². The topological polar surface area (TPSA) is 35.6 Å². The van der Waals surface area contributed by atoms with E-state index in [9.17, 15) is 0 Å². The van der Waals surface area contributed by atoms with Crippen molar-refractivity contribution >= 4 is 55.8 Å². The van der Waals surface area contributed by atoms with Crippen molar-refractivity contribution in [3.63, 3.8) is 0 Å². The van der Waals surface area contributed by atoms with E-state index in [1.165, 1.54) is 82.9 Å². The number of rotatable bonds is 3. The van der Waals surface area contributed by atoms with E-state index in [4.69, 9.17) is 9.97 Å². The molecule has 0 N–H and O–H groups in total. The summed E-state index contributed by atoms with van der Waals surface area (Å²) in [6, 6.07) is 46.6. The molecule has 0 bridgehead atoms. The van der Waals surface area contributed by atoms with Crippen LogP contribution in [0.15, 0.2) is 140 Å². The molecule has 0 fully saturated rings. The van der Waals surface area contributed by atoms with Gasteiger partial charge in [-0.15, -0.1) is 0 Å². The molecule has 55 heavy (non-hydrogen) atoms. The van der Waals surface area contributed by atoms with Gasteiger partial charge in [-0.2, -0.15) is 0 Å². The molecule has 0 saturated carbocycles. The Labute approximate surface area is 319 Å². The number of benzene rings is 6. The first-order valence-corrected chi connectivity index (χ1v) is 19.6. The fourth-order valence-corrected chi connectivity index (χ4v) is 10.3. The summed E-state index contributed by atoms with van der Waals surface area (Å²) in [5.74, 6) is 0.976. The maximum Gasteiger partial charge on any atom is 0.235 e. The molecule has 262 valence electrons. The lowest BCUT2D eigenvalue weighted by atomic mass is 9.67. The Morgan fingerprint density at radius 1 is 0.655 bits per heavy atom. The molecule has 1 unspecified atom stereocenters. The molecule has 0 spiro atoms. The minimum Gasteiger partial charge on any atom is -0.309 e. The summed E-state index contributed by atoms with van der Waals surface area (Å²) in [5.41, 5.74) is 17.3. The van der Waals surface area contributed by atoms with Crippen LogP contribution in [0.25, 0.3) is 78.7 Å². The quantitative estimate of drug-likeness (QED) is 0.183. The first-order valence-electron chi connectivity index (χ1n) is 19.6. The van der Waals surface area contributed by atoms with Gasteiger partial charge in [-0.25, -0.2) is 9.97 Å². The Morgan fingerprint density at radius 2 is 1.44 bits per heavy atom. The second-order valence-electron chi connectivity index (χ2n) is 16.0. The predicted molar refractivity (Wildman–Crippen MR) is 228 cm³/mol. The maximum absolute atomic E-state index is 5.55. The van der Waals surface area contributed by atoms with Crippen LogP contribution in [0, 0.1) is 0 Å². The highest BCUT2D eigenvalue weighted by Gasteiger charge is 2.38. The van der Waals surface area contributed by atoms with Crippen LogP contribution >= 0.6 is 0 Å². The van der Waals surface area contributed by atoms with Crippen LogP contribution in [0.3, 0.4) is 0 Å². The number of nitrogens with zero attached hydrogens (tertiary/aromatic N) is 4. The third-order valence-corrected chi connectivity index (χ3v) is 12.7. The van der Waals surface area contributed by atoms with E-state index in [2.05, 4.69) is 175 Å². The molecule has 0 aliphatic heterocycles. The van der Waals surface area contributed by atoms with Crippen molar-refractivity contribution in [2.75, 3.05) is 0 Å². The Bertz CT molecular complexity index is 3150. The van der Waals surface area contributed by atoms with E-state index in [0.29, 0.717) is 0 Å². The van der Waals surface area contributed by atoms with Crippen LogP contribution < -0.4 is 0 Å². The molecule has 4 nitrogen and oxygen atoms in total. The Morgan fingerprint density at radius 3 is 2.31 bits per heavy atom. The summed E-state index contributed by atoms with van der Waals surface area (Å²) >= 11 is 0. The molecule has 3 aromatic heterocycles. The zero-order chi connectivity index (χ0) is 36.4. The molecular formula is C51H38N4. The molecule has 0 saturated heterocycles. The number of para-hydroxylation sites is 3. The first-order chi connectivity index (χ1) is 27.0. The van der Waals surface area contributed by atoms with E-state index in [1.54, 1.807) is 0 Å². The summed E-state index contributed by atoms with van der Waals surface area (Å²) in [5, 5.41) is 5.02. The van der Waals surface area contributed by atoms with Crippen molar-refractivity contribution < 1.29 is 0 Å². The molecular weight excluding hydrogens is 669 g/mol. The normalized spacial score (nSPS) is 16.5. The van der Waals surface area contributed by atoms with Crippen LogP contribution in [0.4, 0.5) is 0 Å². The summed E-state index contributed by atoms with van der Waals surface area (Å²) < 4.78 is 4.71. The average molecular weight is 707 g/mol. The van der Waals surface area contributed by atoms with Gasteiger partial charge in [0.25, 0.3) is 0 Å². The van der Waals surface area contributed by atoms with Gasteiger partial charge in [-0.3, -0.25) is 4.57 Å². The Kier molecular flexibility index (Phi) is 6.32. The second-order valence-corrected chi connectivity index (χ2v) is 16.0. The zero-order valence-electron chi connectivity index (χ0n) is 30.9. The second kappa shape index (κ2) is 11.3. The molecule has 6 aromatic carbocycles. The van der Waals surface area contributed by atoms with Gasteiger partial charge >= 0.3 is 0 Å². The van der Waals surface area contributed by atoms with Gasteiger partial charge in [0.1, 0.15) is 0 Å². The largest absolute Gasteiger partial charge is 0.309 e. The standard InChI is InChI=1S/C51H38N4/c1-51(2)41-19-12-20-42-47(41)49(38-26-23-31-13-6-7-16-35(31)48(38)51)53-50(52-42)55-44-22-11-9-18-37(44)40-30-33(25-28-46(40)55)32-24-27-45-39(29-32)36-17-8-10-21-43(36)54(45)34-14-4-3-5-15-34/h3-6,8-15,17-29,33H,7,16,30H2,1-2H3. The van der Waals surface area contributed by atoms with Crippen LogP contribution in [0.2, 0.25) is 0 Å². The zero-order valence-corrected chi connectivity index (χ0v) is 30.9. The summed E-state index contributed by atoms with van der Waals surface area (Å²) in [7, 11) is 0. The van der Waals surface area contributed by atoms with E-state index in [-0.39, 0.29) is 11.3 Å². The highest BCUT2D eigenvalue weighted by molar-refractivity contribution is 6.09. The fraction of sp³-hybridized carbons (Fsp3) is 0.137. The third kappa shape index (κ3) is 4.28. The van der Waals surface area contributed by atoms with E-state index >= 15 is 0 Å². The molecule has 4 heteroatoms. The number of allylic oxidation sites excluding steroid dienone is 2. The van der Waals surface area contributed by atoms with Gasteiger partial charge < -0.3 is 4.57 Å². The fourth-order valence-electron chi connectivity index (χ4n) is 10.3. The van der Waals surface area contributed by atoms with E-state index < -0.39 is 0 Å². The van der Waals surface area contributed by atoms with Crippen LogP contribution in [-0.2, 0) is 18.3 Å². The van der Waals surface area contributed by atoms with Gasteiger partial charge in [0, 0.05) is 44.1 Å². The van der Waals surface area contributed by atoms with Crippen molar-refractivity contribution in [2.24, 2.45) is 0 Å². The maximum atomic E-state index is 5.55. The Balaban J connectivity index is 1.02.